The van der Waals surface area contributed by atoms with Crippen LogP contribution < -0.4 is 0 Å². The van der Waals surface area contributed by atoms with Crippen molar-refractivity contribution in [3.05, 3.63) is 0 Å². The van der Waals surface area contributed by atoms with Gasteiger partial charge in [0.2, 0.25) is 0 Å². The third-order valence-electron chi connectivity index (χ3n) is 1.87. The fourth-order valence-electron chi connectivity index (χ4n) is 1.42. The molecule has 0 aromatic rings. The maximum Gasteiger partial charge on any atom is 0.0873 e. The van der Waals surface area contributed by atoms with Crippen molar-refractivity contribution in [1.29, 1.82) is 0 Å². The maximum atomic E-state index is 9.08. The van der Waals surface area contributed by atoms with Crippen LogP contribution in [0.15, 0.2) is 0 Å². The molecule has 0 heterocycles. The highest BCUT2D eigenvalue weighted by Crippen LogP contribution is 2.10. The van der Waals surface area contributed by atoms with E-state index < -0.39 is 23.4 Å². The molecule has 3 atom stereocenters. The van der Waals surface area contributed by atoms with E-state index in [0.717, 1.165) is 0 Å². The van der Waals surface area contributed by atoms with Crippen molar-refractivity contribution in [3.8, 4) is 0 Å². The van der Waals surface area contributed by atoms with E-state index in [2.05, 4.69) is 0 Å². The Morgan fingerprint density at radius 2 is 1.24 bits per heavy atom. The largest absolute Gasteiger partial charge is 0.393 e. The van der Waals surface area contributed by atoms with Crippen LogP contribution in [0.5, 0.6) is 0 Å². The minimum absolute atomic E-state index is 0.212. The van der Waals surface area contributed by atoms with Gasteiger partial charge in [-0.2, -0.15) is 0 Å². The van der Waals surface area contributed by atoms with Gasteiger partial charge in [0, 0.05) is 12.8 Å². The van der Waals surface area contributed by atoms with Gasteiger partial charge in [0.05, 0.1) is 30.0 Å². The quantitative estimate of drug-likeness (QED) is 0.475. The molecule has 5 nitrogen and oxygen atoms in total. The van der Waals surface area contributed by atoms with Crippen LogP contribution in [-0.4, -0.2) is 55.5 Å². The summed E-state index contributed by atoms with van der Waals surface area (Å²) in [6.45, 7) is 7.78. The molecule has 0 fully saturated rings. The third-order valence-corrected chi connectivity index (χ3v) is 1.87. The lowest BCUT2D eigenvalue weighted by Gasteiger charge is -2.21. The van der Waals surface area contributed by atoms with Crippen LogP contribution >= 0.6 is 0 Å². The molecule has 0 unspecified atom stereocenters. The second kappa shape index (κ2) is 8.00. The average Bonchev–Trinajstić information content (AvgIpc) is 1.97. The van der Waals surface area contributed by atoms with Crippen molar-refractivity contribution in [3.63, 3.8) is 0 Å². The van der Waals surface area contributed by atoms with Gasteiger partial charge in [0.15, 0.2) is 0 Å². The summed E-state index contributed by atoms with van der Waals surface area (Å²) in [6, 6.07) is 0. The van der Waals surface area contributed by atoms with Crippen LogP contribution in [0.4, 0.5) is 0 Å². The van der Waals surface area contributed by atoms with E-state index in [0.29, 0.717) is 6.42 Å². The van der Waals surface area contributed by atoms with E-state index in [1.165, 1.54) is 6.92 Å². The van der Waals surface area contributed by atoms with E-state index in [-0.39, 0.29) is 13.0 Å². The van der Waals surface area contributed by atoms with Crippen LogP contribution in [0.3, 0.4) is 0 Å². The minimum Gasteiger partial charge on any atom is -0.393 e. The van der Waals surface area contributed by atoms with Gasteiger partial charge in [-0.05, 0) is 34.6 Å². The Bertz CT molecular complexity index is 182. The standard InChI is InChI=1S/C6H14O3.C6H14O2/c1-5(8)3-6(2,9)4-7;1-5(7)4-6(2,3)8/h5,7-9H,3-4H2,1-2H3;5,7-8H,4H2,1-3H3/t5-,6+;5-/m00/s1. The van der Waals surface area contributed by atoms with E-state index in [1.807, 2.05) is 0 Å². The lowest BCUT2D eigenvalue weighted by Crippen LogP contribution is -2.32. The van der Waals surface area contributed by atoms with Crippen molar-refractivity contribution in [1.82, 2.24) is 0 Å². The number of rotatable bonds is 5. The van der Waals surface area contributed by atoms with Crippen LogP contribution in [0.2, 0.25) is 0 Å². The summed E-state index contributed by atoms with van der Waals surface area (Å²) in [7, 11) is 0. The molecule has 0 spiro atoms. The molecule has 5 N–H and O–H groups in total. The number of hydrogen-bond donors (Lipinski definition) is 5. The normalized spacial score (nSPS) is 18.7. The molecule has 0 saturated carbocycles. The SMILES string of the molecule is C[C@H](O)CC(C)(C)O.C[C@H](O)C[C@@](C)(O)CO. The highest BCUT2D eigenvalue weighted by atomic mass is 16.3. The zero-order valence-electron chi connectivity index (χ0n) is 11.5. The molecule has 0 aliphatic heterocycles. The van der Waals surface area contributed by atoms with Gasteiger partial charge in [-0.15, -0.1) is 0 Å². The van der Waals surface area contributed by atoms with Gasteiger partial charge in [0.1, 0.15) is 0 Å². The van der Waals surface area contributed by atoms with Crippen molar-refractivity contribution in [2.75, 3.05) is 6.61 Å². The van der Waals surface area contributed by atoms with Crippen LogP contribution in [0.25, 0.3) is 0 Å². The van der Waals surface area contributed by atoms with E-state index in [4.69, 9.17) is 25.5 Å². The second-order valence-electron chi connectivity index (χ2n) is 5.57. The molecule has 0 aromatic heterocycles. The van der Waals surface area contributed by atoms with Gasteiger partial charge in [-0.1, -0.05) is 0 Å². The smallest absolute Gasteiger partial charge is 0.0873 e. The van der Waals surface area contributed by atoms with Crippen molar-refractivity contribution in [2.24, 2.45) is 0 Å². The first-order chi connectivity index (χ1) is 7.39. The summed E-state index contributed by atoms with van der Waals surface area (Å²) in [6.07, 6.45) is -0.321. The zero-order valence-corrected chi connectivity index (χ0v) is 11.5. The van der Waals surface area contributed by atoms with Gasteiger partial charge in [-0.3, -0.25) is 0 Å². The third kappa shape index (κ3) is 18.4. The molecule has 106 valence electrons. The van der Waals surface area contributed by atoms with E-state index in [1.54, 1.807) is 27.7 Å². The van der Waals surface area contributed by atoms with Crippen LogP contribution in [0, 0.1) is 0 Å². The van der Waals surface area contributed by atoms with E-state index in [9.17, 15) is 0 Å². The topological polar surface area (TPSA) is 101 Å². The summed E-state index contributed by atoms with van der Waals surface area (Å²) in [5.41, 5.74) is -1.86. The van der Waals surface area contributed by atoms with Crippen molar-refractivity contribution < 1.29 is 25.5 Å². The second-order valence-corrected chi connectivity index (χ2v) is 5.57. The lowest BCUT2D eigenvalue weighted by atomic mass is 10.0. The first kappa shape index (κ1) is 19.1. The lowest BCUT2D eigenvalue weighted by molar-refractivity contribution is -0.0323. The predicted molar refractivity (Wildman–Crippen MR) is 66.6 cm³/mol. The highest BCUT2D eigenvalue weighted by molar-refractivity contribution is 4.72. The fraction of sp³-hybridized carbons (Fsp3) is 1.00. The van der Waals surface area contributed by atoms with Gasteiger partial charge < -0.3 is 25.5 Å². The Kier molecular flexibility index (Phi) is 9.01. The molecule has 17 heavy (non-hydrogen) atoms. The summed E-state index contributed by atoms with van der Waals surface area (Å²) in [4.78, 5) is 0. The van der Waals surface area contributed by atoms with E-state index >= 15 is 0 Å². The molecule has 0 amide bonds. The Hall–Kier alpha value is -0.200. The molecule has 0 radical (unpaired) electrons. The molecule has 0 aromatic carbocycles. The summed E-state index contributed by atoms with van der Waals surface area (Å²) in [5.74, 6) is 0. The van der Waals surface area contributed by atoms with Gasteiger partial charge in [0.25, 0.3) is 0 Å². The Morgan fingerprint density at radius 1 is 0.882 bits per heavy atom. The maximum absolute atomic E-state index is 9.08. The highest BCUT2D eigenvalue weighted by Gasteiger charge is 2.20. The molecular formula is C12H28O5. The number of aliphatic hydroxyl groups is 5. The molecule has 0 aliphatic rings. The minimum atomic E-state index is -1.13. The average molecular weight is 252 g/mol. The summed E-state index contributed by atoms with van der Waals surface area (Å²) in [5, 5.41) is 44.1. The Balaban J connectivity index is 0. The summed E-state index contributed by atoms with van der Waals surface area (Å²) < 4.78 is 0. The number of aliphatic hydroxyl groups excluding tert-OH is 3. The molecule has 5 heteroatoms. The Labute approximate surface area is 104 Å². The molecule has 0 rings (SSSR count). The predicted octanol–water partition coefficient (Wildman–Crippen LogP) is 0.0288. The first-order valence-electron chi connectivity index (χ1n) is 5.81. The zero-order chi connectivity index (χ0) is 14.3. The van der Waals surface area contributed by atoms with Gasteiger partial charge in [-0.25, -0.2) is 0 Å². The number of hydrogen-bond acceptors (Lipinski definition) is 5. The Morgan fingerprint density at radius 3 is 1.29 bits per heavy atom. The summed E-state index contributed by atoms with van der Waals surface area (Å²) >= 11 is 0. The molecule has 0 saturated heterocycles. The fourth-order valence-corrected chi connectivity index (χ4v) is 1.42. The van der Waals surface area contributed by atoms with Crippen molar-refractivity contribution >= 4 is 0 Å². The van der Waals surface area contributed by atoms with Crippen LogP contribution in [0.1, 0.15) is 47.5 Å². The molecular weight excluding hydrogens is 224 g/mol. The first-order valence-corrected chi connectivity index (χ1v) is 5.81. The molecule has 0 bridgehead atoms. The monoisotopic (exact) mass is 252 g/mol. The van der Waals surface area contributed by atoms with Crippen LogP contribution in [-0.2, 0) is 0 Å². The van der Waals surface area contributed by atoms with Crippen molar-refractivity contribution in [2.45, 2.75) is 70.9 Å². The molecule has 0 aliphatic carbocycles. The van der Waals surface area contributed by atoms with Gasteiger partial charge >= 0.3 is 0 Å².